The Morgan fingerprint density at radius 3 is 2.00 bits per heavy atom. The van der Waals surface area contributed by atoms with Crippen LogP contribution in [0.1, 0.15) is 24.0 Å². The van der Waals surface area contributed by atoms with Gasteiger partial charge in [-0.2, -0.15) is 13.2 Å². The molecule has 0 saturated carbocycles. The highest BCUT2D eigenvalue weighted by Crippen LogP contribution is 2.32. The van der Waals surface area contributed by atoms with Crippen LogP contribution in [0.2, 0.25) is 0 Å². The van der Waals surface area contributed by atoms with E-state index in [9.17, 15) is 30.4 Å². The minimum absolute atomic E-state index is 0.0883. The van der Waals surface area contributed by atoms with Crippen molar-refractivity contribution in [1.29, 1.82) is 0 Å². The lowest BCUT2D eigenvalue weighted by Gasteiger charge is -2.39. The summed E-state index contributed by atoms with van der Waals surface area (Å²) >= 11 is 0. The van der Waals surface area contributed by atoms with Gasteiger partial charge in [0.1, 0.15) is 11.6 Å². The van der Waals surface area contributed by atoms with E-state index in [1.807, 2.05) is 4.90 Å². The quantitative estimate of drug-likeness (QED) is 0.391. The van der Waals surface area contributed by atoms with Gasteiger partial charge < -0.3 is 0 Å². The minimum atomic E-state index is -4.42. The van der Waals surface area contributed by atoms with Gasteiger partial charge in [-0.05, 0) is 73.0 Å². The standard InChI is InChI=1S/C25H23F5N2O2S/c26-20-4-8-22(9-5-20)32(35(33,34)24-10-6-21(27)7-11-24)23-12-14-31(15-13-23)17-18-2-1-3-19(16-18)25(28,29)30/h1-11,16,23H,12-15,17H2. The number of alkyl halides is 3. The molecule has 0 aliphatic carbocycles. The van der Waals surface area contributed by atoms with Gasteiger partial charge in [-0.25, -0.2) is 17.2 Å². The average Bonchev–Trinajstić information content (AvgIpc) is 2.81. The summed E-state index contributed by atoms with van der Waals surface area (Å²) in [5.74, 6) is -1.08. The van der Waals surface area contributed by atoms with E-state index in [0.717, 1.165) is 24.3 Å². The van der Waals surface area contributed by atoms with Crippen LogP contribution in [0, 0.1) is 11.6 Å². The zero-order valence-electron chi connectivity index (χ0n) is 18.6. The van der Waals surface area contributed by atoms with Crippen molar-refractivity contribution in [1.82, 2.24) is 4.90 Å². The van der Waals surface area contributed by atoms with E-state index < -0.39 is 39.4 Å². The largest absolute Gasteiger partial charge is 0.416 e. The predicted octanol–water partition coefficient (Wildman–Crippen LogP) is 5.84. The molecule has 4 rings (SSSR count). The summed E-state index contributed by atoms with van der Waals surface area (Å²) in [5.41, 5.74) is 0.0948. The Bertz CT molecular complexity index is 1250. The second kappa shape index (κ2) is 9.94. The second-order valence-corrected chi connectivity index (χ2v) is 10.3. The zero-order valence-corrected chi connectivity index (χ0v) is 19.4. The first-order valence-electron chi connectivity index (χ1n) is 11.0. The van der Waals surface area contributed by atoms with Crippen LogP contribution in [0.3, 0.4) is 0 Å². The number of rotatable bonds is 6. The van der Waals surface area contributed by atoms with E-state index in [4.69, 9.17) is 0 Å². The molecule has 0 spiro atoms. The van der Waals surface area contributed by atoms with Gasteiger partial charge in [0.15, 0.2) is 0 Å². The number of nitrogens with zero attached hydrogens (tertiary/aromatic N) is 2. The van der Waals surface area contributed by atoms with Gasteiger partial charge in [-0.15, -0.1) is 0 Å². The van der Waals surface area contributed by atoms with E-state index in [-0.39, 0.29) is 10.6 Å². The molecule has 0 bridgehead atoms. The van der Waals surface area contributed by atoms with Crippen LogP contribution in [0.15, 0.2) is 77.7 Å². The number of hydrogen-bond donors (Lipinski definition) is 0. The molecular formula is C25H23F5N2O2S. The van der Waals surface area contributed by atoms with E-state index in [1.165, 1.54) is 46.8 Å². The molecular weight excluding hydrogens is 487 g/mol. The van der Waals surface area contributed by atoms with Gasteiger partial charge in [0, 0.05) is 25.7 Å². The number of likely N-dealkylation sites (tertiary alicyclic amines) is 1. The molecule has 4 nitrogen and oxygen atoms in total. The summed E-state index contributed by atoms with van der Waals surface area (Å²) in [6.45, 7) is 1.22. The SMILES string of the molecule is O=S(=O)(c1ccc(F)cc1)N(c1ccc(F)cc1)C1CCN(Cc2cccc(C(F)(F)F)c2)CC1. The van der Waals surface area contributed by atoms with Crippen LogP contribution >= 0.6 is 0 Å². The number of piperidine rings is 1. The number of sulfonamides is 1. The Morgan fingerprint density at radius 1 is 0.857 bits per heavy atom. The molecule has 0 N–H and O–H groups in total. The highest BCUT2D eigenvalue weighted by Gasteiger charge is 2.35. The number of benzene rings is 3. The van der Waals surface area contributed by atoms with Gasteiger partial charge in [0.2, 0.25) is 0 Å². The summed E-state index contributed by atoms with van der Waals surface area (Å²) in [7, 11) is -4.08. The highest BCUT2D eigenvalue weighted by atomic mass is 32.2. The van der Waals surface area contributed by atoms with E-state index >= 15 is 0 Å². The van der Waals surface area contributed by atoms with Gasteiger partial charge in [0.25, 0.3) is 10.0 Å². The van der Waals surface area contributed by atoms with Crippen molar-refractivity contribution in [3.8, 4) is 0 Å². The van der Waals surface area contributed by atoms with Gasteiger partial charge in [-0.1, -0.05) is 18.2 Å². The molecule has 1 heterocycles. The first-order chi connectivity index (χ1) is 16.5. The molecule has 10 heteroatoms. The maximum Gasteiger partial charge on any atom is 0.416 e. The molecule has 0 aromatic heterocycles. The molecule has 0 unspecified atom stereocenters. The predicted molar refractivity (Wildman–Crippen MR) is 122 cm³/mol. The third-order valence-corrected chi connectivity index (χ3v) is 7.90. The lowest BCUT2D eigenvalue weighted by molar-refractivity contribution is -0.137. The zero-order chi connectivity index (χ0) is 25.2. The van der Waals surface area contributed by atoms with Crippen molar-refractivity contribution < 1.29 is 30.4 Å². The Labute approximate surface area is 200 Å². The van der Waals surface area contributed by atoms with Crippen molar-refractivity contribution in [2.45, 2.75) is 36.5 Å². The maximum atomic E-state index is 13.5. The van der Waals surface area contributed by atoms with Crippen molar-refractivity contribution in [3.05, 3.63) is 95.6 Å². The Kier molecular flexibility index (Phi) is 7.14. The first-order valence-corrected chi connectivity index (χ1v) is 12.4. The third-order valence-electron chi connectivity index (χ3n) is 6.00. The molecule has 3 aromatic rings. The Morgan fingerprint density at radius 2 is 1.43 bits per heavy atom. The van der Waals surface area contributed by atoms with E-state index in [2.05, 4.69) is 0 Å². The summed E-state index contributed by atoms with van der Waals surface area (Å²) in [6, 6.07) is 14.3. The fourth-order valence-corrected chi connectivity index (χ4v) is 5.98. The minimum Gasteiger partial charge on any atom is -0.299 e. The van der Waals surface area contributed by atoms with Crippen LogP contribution < -0.4 is 4.31 Å². The summed E-state index contributed by atoms with van der Waals surface area (Å²) < 4.78 is 94.3. The van der Waals surface area contributed by atoms with Crippen LogP contribution in [-0.2, 0) is 22.7 Å². The first kappa shape index (κ1) is 25.1. The van der Waals surface area contributed by atoms with Crippen LogP contribution in [0.5, 0.6) is 0 Å². The van der Waals surface area contributed by atoms with Gasteiger partial charge >= 0.3 is 6.18 Å². The summed E-state index contributed by atoms with van der Waals surface area (Å²) in [6.07, 6.45) is -3.60. The number of hydrogen-bond acceptors (Lipinski definition) is 3. The topological polar surface area (TPSA) is 40.6 Å². The lowest BCUT2D eigenvalue weighted by atomic mass is 10.0. The van der Waals surface area contributed by atoms with Crippen LogP contribution in [0.25, 0.3) is 0 Å². The van der Waals surface area contributed by atoms with Crippen molar-refractivity contribution in [2.24, 2.45) is 0 Å². The molecule has 1 aliphatic rings. The fraction of sp³-hybridized carbons (Fsp3) is 0.280. The fourth-order valence-electron chi connectivity index (χ4n) is 4.27. The molecule has 0 radical (unpaired) electrons. The molecule has 35 heavy (non-hydrogen) atoms. The second-order valence-electron chi connectivity index (χ2n) is 8.44. The molecule has 0 atom stereocenters. The number of halogens is 5. The van der Waals surface area contributed by atoms with E-state index in [1.54, 1.807) is 6.07 Å². The summed E-state index contributed by atoms with van der Waals surface area (Å²) in [4.78, 5) is 1.88. The monoisotopic (exact) mass is 510 g/mol. The number of anilines is 1. The van der Waals surface area contributed by atoms with Crippen LogP contribution in [-0.4, -0.2) is 32.4 Å². The molecule has 1 saturated heterocycles. The average molecular weight is 511 g/mol. The lowest BCUT2D eigenvalue weighted by Crippen LogP contribution is -2.47. The molecule has 3 aromatic carbocycles. The Hall–Kier alpha value is -2.98. The van der Waals surface area contributed by atoms with Gasteiger partial charge in [-0.3, -0.25) is 9.21 Å². The van der Waals surface area contributed by atoms with E-state index in [0.29, 0.717) is 38.0 Å². The smallest absolute Gasteiger partial charge is 0.299 e. The highest BCUT2D eigenvalue weighted by molar-refractivity contribution is 7.92. The van der Waals surface area contributed by atoms with Crippen molar-refractivity contribution in [2.75, 3.05) is 17.4 Å². The molecule has 0 amide bonds. The third kappa shape index (κ3) is 5.82. The normalized spacial score (nSPS) is 15.8. The summed E-state index contributed by atoms with van der Waals surface area (Å²) in [5, 5.41) is 0. The Balaban J connectivity index is 1.54. The van der Waals surface area contributed by atoms with Crippen molar-refractivity contribution in [3.63, 3.8) is 0 Å². The molecule has 1 aliphatic heterocycles. The van der Waals surface area contributed by atoms with Crippen molar-refractivity contribution >= 4 is 15.7 Å². The molecule has 1 fully saturated rings. The maximum absolute atomic E-state index is 13.5. The van der Waals surface area contributed by atoms with Gasteiger partial charge in [0.05, 0.1) is 16.1 Å². The molecule has 186 valence electrons. The van der Waals surface area contributed by atoms with Crippen LogP contribution in [0.4, 0.5) is 27.6 Å².